The Bertz CT molecular complexity index is 1300. The summed E-state index contributed by atoms with van der Waals surface area (Å²) in [6.07, 6.45) is 5.78. The fourth-order valence-electron chi connectivity index (χ4n) is 3.58. The van der Waals surface area contributed by atoms with Crippen molar-refractivity contribution in [2.75, 3.05) is 17.2 Å². The number of primary amides is 1. The summed E-state index contributed by atoms with van der Waals surface area (Å²) in [6, 6.07) is 11.1. The molecule has 10 nitrogen and oxygen atoms in total. The van der Waals surface area contributed by atoms with E-state index in [-0.39, 0.29) is 17.3 Å². The molecule has 0 bridgehead atoms. The quantitative estimate of drug-likeness (QED) is 0.442. The molecule has 0 fully saturated rings. The molecule has 0 aliphatic carbocycles. The van der Waals surface area contributed by atoms with Crippen molar-refractivity contribution in [1.82, 2.24) is 24.7 Å². The Morgan fingerprint density at radius 2 is 2.06 bits per heavy atom. The number of aryl methyl sites for hydroxylation is 1. The van der Waals surface area contributed by atoms with E-state index in [0.717, 1.165) is 23.2 Å². The number of aromatic nitrogens is 5. The van der Waals surface area contributed by atoms with Gasteiger partial charge >= 0.3 is 0 Å². The number of nitrogens with one attached hydrogen (secondary N) is 2. The molecule has 10 heteroatoms. The van der Waals surface area contributed by atoms with Crippen LogP contribution in [0, 0.1) is 0 Å². The van der Waals surface area contributed by atoms with E-state index in [2.05, 4.69) is 30.7 Å². The molecule has 4 aromatic rings. The van der Waals surface area contributed by atoms with E-state index in [4.69, 9.17) is 10.5 Å². The van der Waals surface area contributed by atoms with E-state index in [0.29, 0.717) is 23.9 Å². The van der Waals surface area contributed by atoms with Crippen LogP contribution in [0.3, 0.4) is 0 Å². The molecule has 4 heterocycles. The fourth-order valence-corrected chi connectivity index (χ4v) is 3.58. The van der Waals surface area contributed by atoms with Gasteiger partial charge in [-0.05, 0) is 24.3 Å². The predicted molar refractivity (Wildman–Crippen MR) is 119 cm³/mol. The maximum atomic E-state index is 12.0. The first-order valence-electron chi connectivity index (χ1n) is 9.99. The first-order chi connectivity index (χ1) is 15.6. The van der Waals surface area contributed by atoms with Crippen molar-refractivity contribution in [3.8, 4) is 17.0 Å². The Kier molecular flexibility index (Phi) is 4.86. The Morgan fingerprint density at radius 3 is 2.88 bits per heavy atom. The summed E-state index contributed by atoms with van der Waals surface area (Å²) < 4.78 is 7.86. The van der Waals surface area contributed by atoms with E-state index in [1.807, 2.05) is 43.6 Å². The van der Waals surface area contributed by atoms with Gasteiger partial charge in [-0.2, -0.15) is 10.1 Å². The number of nitrogens with two attached hydrogens (primary N) is 1. The predicted octanol–water partition coefficient (Wildman–Crippen LogP) is 2.79. The van der Waals surface area contributed by atoms with E-state index in [1.54, 1.807) is 16.9 Å². The van der Waals surface area contributed by atoms with Crippen LogP contribution in [-0.4, -0.2) is 37.2 Å². The lowest BCUT2D eigenvalue weighted by Crippen LogP contribution is -2.16. The molecule has 4 N–H and O–H groups in total. The number of benzene rings is 1. The molecule has 3 aromatic heterocycles. The van der Waals surface area contributed by atoms with Crippen molar-refractivity contribution in [2.24, 2.45) is 12.8 Å². The van der Waals surface area contributed by atoms with Crippen LogP contribution in [-0.2, 0) is 13.5 Å². The highest BCUT2D eigenvalue weighted by Gasteiger charge is 2.22. The minimum absolute atomic E-state index is 0.154. The van der Waals surface area contributed by atoms with Gasteiger partial charge in [0.1, 0.15) is 17.2 Å². The van der Waals surface area contributed by atoms with Crippen LogP contribution in [0.1, 0.15) is 15.9 Å². The Hall–Kier alpha value is -4.47. The Balaban J connectivity index is 1.54. The first-order valence-corrected chi connectivity index (χ1v) is 9.99. The molecule has 0 spiro atoms. The highest BCUT2D eigenvalue weighted by atomic mass is 16.5. The monoisotopic (exact) mass is 428 g/mol. The number of anilines is 4. The van der Waals surface area contributed by atoms with Gasteiger partial charge < -0.3 is 21.1 Å². The number of ether oxygens (including phenoxy) is 1. The largest absolute Gasteiger partial charge is 0.490 e. The molecule has 0 radical (unpaired) electrons. The molecule has 160 valence electrons. The summed E-state index contributed by atoms with van der Waals surface area (Å²) in [5.41, 5.74) is 9.22. The Labute approximate surface area is 183 Å². The topological polar surface area (TPSA) is 133 Å². The van der Waals surface area contributed by atoms with Gasteiger partial charge in [-0.3, -0.25) is 9.48 Å². The molecule has 1 aliphatic heterocycles. The molecule has 0 atom stereocenters. The highest BCUT2D eigenvalue weighted by Crippen LogP contribution is 2.40. The molecule has 0 saturated heterocycles. The lowest BCUT2D eigenvalue weighted by atomic mass is 10.1. The van der Waals surface area contributed by atoms with Crippen molar-refractivity contribution >= 4 is 29.2 Å². The van der Waals surface area contributed by atoms with Gasteiger partial charge in [0.25, 0.3) is 5.91 Å². The second-order valence-electron chi connectivity index (χ2n) is 7.24. The SMILES string of the molecule is Cn1cc2c(n1)-c1cccc(Nc3nc(Nc4ccccn4)ncc3C(N)=O)c1OCC2. The lowest BCUT2D eigenvalue weighted by Gasteiger charge is -2.16. The van der Waals surface area contributed by atoms with E-state index in [9.17, 15) is 4.79 Å². The lowest BCUT2D eigenvalue weighted by molar-refractivity contribution is 0.100. The van der Waals surface area contributed by atoms with E-state index >= 15 is 0 Å². The number of carbonyl (C=O) groups is 1. The van der Waals surface area contributed by atoms with Gasteiger partial charge in [0.15, 0.2) is 5.75 Å². The second kappa shape index (κ2) is 7.99. The summed E-state index contributed by atoms with van der Waals surface area (Å²) in [5.74, 6) is 1.09. The molecule has 0 unspecified atom stereocenters. The van der Waals surface area contributed by atoms with Crippen LogP contribution >= 0.6 is 0 Å². The summed E-state index contributed by atoms with van der Waals surface area (Å²) in [6.45, 7) is 0.503. The van der Waals surface area contributed by atoms with Crippen molar-refractivity contribution in [2.45, 2.75) is 6.42 Å². The first kappa shape index (κ1) is 19.5. The zero-order valence-corrected chi connectivity index (χ0v) is 17.2. The third-order valence-corrected chi connectivity index (χ3v) is 5.00. The van der Waals surface area contributed by atoms with Crippen LogP contribution in [0.5, 0.6) is 5.75 Å². The number of amides is 1. The number of para-hydroxylation sites is 1. The standard InChI is InChI=1S/C22H20N8O2/c1-30-12-13-8-10-32-19-14(18(13)29-30)5-4-6-16(19)26-21-15(20(23)31)11-25-22(28-21)27-17-7-2-3-9-24-17/h2-7,9,11-12H,8,10H2,1H3,(H2,23,31)(H2,24,25,26,27,28). The van der Waals surface area contributed by atoms with Gasteiger partial charge in [0, 0.05) is 43.2 Å². The average Bonchev–Trinajstić information content (AvgIpc) is 3.06. The van der Waals surface area contributed by atoms with E-state index in [1.165, 1.54) is 6.20 Å². The van der Waals surface area contributed by atoms with Crippen LogP contribution in [0.2, 0.25) is 0 Å². The molecule has 1 amide bonds. The molecule has 0 saturated carbocycles. The van der Waals surface area contributed by atoms with Gasteiger partial charge in [0.05, 0.1) is 18.0 Å². The highest BCUT2D eigenvalue weighted by molar-refractivity contribution is 5.98. The normalized spacial score (nSPS) is 12.2. The van der Waals surface area contributed by atoms with Crippen LogP contribution in [0.25, 0.3) is 11.3 Å². The number of carbonyl (C=O) groups excluding carboxylic acids is 1. The molecular weight excluding hydrogens is 408 g/mol. The minimum Gasteiger partial charge on any atom is -0.490 e. The van der Waals surface area contributed by atoms with Gasteiger partial charge in [-0.15, -0.1) is 0 Å². The zero-order chi connectivity index (χ0) is 22.1. The van der Waals surface area contributed by atoms with Gasteiger partial charge in [-0.25, -0.2) is 9.97 Å². The minimum atomic E-state index is -0.646. The van der Waals surface area contributed by atoms with Crippen LogP contribution in [0.4, 0.5) is 23.3 Å². The zero-order valence-electron chi connectivity index (χ0n) is 17.2. The number of rotatable bonds is 5. The number of nitrogens with zero attached hydrogens (tertiary/aromatic N) is 5. The summed E-state index contributed by atoms with van der Waals surface area (Å²) in [5, 5.41) is 10.8. The second-order valence-corrected chi connectivity index (χ2v) is 7.24. The molecular formula is C22H20N8O2. The number of fused-ring (bicyclic) bond motifs is 3. The number of pyridine rings is 1. The number of hydrogen-bond acceptors (Lipinski definition) is 8. The summed E-state index contributed by atoms with van der Waals surface area (Å²) >= 11 is 0. The van der Waals surface area contributed by atoms with Crippen LogP contribution in [0.15, 0.2) is 55.0 Å². The molecule has 1 aromatic carbocycles. The summed E-state index contributed by atoms with van der Waals surface area (Å²) in [7, 11) is 1.90. The van der Waals surface area contributed by atoms with Crippen molar-refractivity contribution in [1.29, 1.82) is 0 Å². The third kappa shape index (κ3) is 3.69. The molecule has 5 rings (SSSR count). The van der Waals surface area contributed by atoms with Gasteiger partial charge in [-0.1, -0.05) is 12.1 Å². The molecule has 1 aliphatic rings. The molecule has 32 heavy (non-hydrogen) atoms. The number of hydrogen-bond donors (Lipinski definition) is 3. The maximum Gasteiger partial charge on any atom is 0.254 e. The smallest absolute Gasteiger partial charge is 0.254 e. The third-order valence-electron chi connectivity index (χ3n) is 5.00. The van der Waals surface area contributed by atoms with Crippen molar-refractivity contribution in [3.05, 3.63) is 66.1 Å². The fraction of sp³-hybridized carbons (Fsp3) is 0.136. The van der Waals surface area contributed by atoms with Crippen molar-refractivity contribution in [3.63, 3.8) is 0 Å². The maximum absolute atomic E-state index is 12.0. The average molecular weight is 428 g/mol. The van der Waals surface area contributed by atoms with E-state index < -0.39 is 5.91 Å². The van der Waals surface area contributed by atoms with Crippen LogP contribution < -0.4 is 21.1 Å². The Morgan fingerprint density at radius 1 is 1.16 bits per heavy atom. The van der Waals surface area contributed by atoms with Crippen molar-refractivity contribution < 1.29 is 9.53 Å². The summed E-state index contributed by atoms with van der Waals surface area (Å²) in [4.78, 5) is 24.9. The van der Waals surface area contributed by atoms with Gasteiger partial charge in [0.2, 0.25) is 5.95 Å².